The van der Waals surface area contributed by atoms with E-state index in [1.54, 1.807) is 17.0 Å². The summed E-state index contributed by atoms with van der Waals surface area (Å²) < 4.78 is 0.555. The molecule has 3 unspecified atom stereocenters. The van der Waals surface area contributed by atoms with Crippen LogP contribution in [0.2, 0.25) is 4.34 Å². The van der Waals surface area contributed by atoms with Gasteiger partial charge in [-0.2, -0.15) is 0 Å². The van der Waals surface area contributed by atoms with E-state index in [2.05, 4.69) is 0 Å². The molecule has 0 aromatic carbocycles. The zero-order valence-corrected chi connectivity index (χ0v) is 12.5. The lowest BCUT2D eigenvalue weighted by Crippen LogP contribution is -2.45. The van der Waals surface area contributed by atoms with Crippen LogP contribution in [-0.2, 0) is 4.79 Å². The van der Waals surface area contributed by atoms with E-state index in [0.29, 0.717) is 21.6 Å². The number of carboxylic acid groups (broad SMARTS) is 1. The molecule has 3 atom stereocenters. The predicted octanol–water partition coefficient (Wildman–Crippen LogP) is 3.26. The SMILES string of the molecule is O=C(O)C1CC2CCCCC2N1C(=O)c1ccc(Cl)s1. The van der Waals surface area contributed by atoms with Crippen molar-refractivity contribution < 1.29 is 14.7 Å². The van der Waals surface area contributed by atoms with Crippen molar-refractivity contribution in [3.8, 4) is 0 Å². The van der Waals surface area contributed by atoms with Crippen LogP contribution in [0.4, 0.5) is 0 Å². The van der Waals surface area contributed by atoms with Gasteiger partial charge in [0.1, 0.15) is 6.04 Å². The van der Waals surface area contributed by atoms with E-state index in [-0.39, 0.29) is 11.9 Å². The number of carboxylic acids is 1. The van der Waals surface area contributed by atoms with Gasteiger partial charge in [0, 0.05) is 6.04 Å². The van der Waals surface area contributed by atoms with Crippen LogP contribution in [0, 0.1) is 5.92 Å². The molecular weight excluding hydrogens is 298 g/mol. The molecule has 1 aliphatic carbocycles. The molecule has 20 heavy (non-hydrogen) atoms. The van der Waals surface area contributed by atoms with Crippen LogP contribution in [0.5, 0.6) is 0 Å². The molecule has 1 saturated carbocycles. The number of fused-ring (bicyclic) bond motifs is 1. The van der Waals surface area contributed by atoms with E-state index < -0.39 is 12.0 Å². The van der Waals surface area contributed by atoms with Crippen molar-refractivity contribution in [1.82, 2.24) is 4.90 Å². The molecule has 0 spiro atoms. The Morgan fingerprint density at radius 2 is 2.05 bits per heavy atom. The molecule has 0 bridgehead atoms. The lowest BCUT2D eigenvalue weighted by atomic mass is 9.85. The molecule has 1 amide bonds. The van der Waals surface area contributed by atoms with Crippen molar-refractivity contribution in [2.75, 3.05) is 0 Å². The van der Waals surface area contributed by atoms with Crippen molar-refractivity contribution in [2.45, 2.75) is 44.2 Å². The minimum Gasteiger partial charge on any atom is -0.480 e. The molecule has 1 aromatic heterocycles. The second-order valence-electron chi connectivity index (χ2n) is 5.52. The predicted molar refractivity (Wildman–Crippen MR) is 77.3 cm³/mol. The Bertz CT molecular complexity index is 544. The molecule has 1 N–H and O–H groups in total. The minimum atomic E-state index is -0.893. The summed E-state index contributed by atoms with van der Waals surface area (Å²) in [6.07, 6.45) is 4.75. The van der Waals surface area contributed by atoms with Gasteiger partial charge >= 0.3 is 5.97 Å². The fourth-order valence-electron chi connectivity index (χ4n) is 3.53. The molecule has 6 heteroatoms. The highest BCUT2D eigenvalue weighted by Gasteiger charge is 2.47. The van der Waals surface area contributed by atoms with Gasteiger partial charge in [-0.3, -0.25) is 4.79 Å². The summed E-state index contributed by atoms with van der Waals surface area (Å²) in [5.41, 5.74) is 0. The molecule has 2 fully saturated rings. The van der Waals surface area contributed by atoms with E-state index in [4.69, 9.17) is 11.6 Å². The number of aliphatic carboxylic acids is 1. The average Bonchev–Trinajstić information content (AvgIpc) is 3.01. The molecule has 2 heterocycles. The average molecular weight is 314 g/mol. The third-order valence-electron chi connectivity index (χ3n) is 4.39. The summed E-state index contributed by atoms with van der Waals surface area (Å²) in [5, 5.41) is 9.42. The lowest BCUT2D eigenvalue weighted by molar-refractivity contribution is -0.141. The molecular formula is C14H16ClNO3S. The van der Waals surface area contributed by atoms with Crippen molar-refractivity contribution in [2.24, 2.45) is 5.92 Å². The summed E-state index contributed by atoms with van der Waals surface area (Å²) >= 11 is 7.10. The highest BCUT2D eigenvalue weighted by molar-refractivity contribution is 7.18. The topological polar surface area (TPSA) is 57.6 Å². The van der Waals surface area contributed by atoms with Gasteiger partial charge in [-0.25, -0.2) is 4.79 Å². The molecule has 4 nitrogen and oxygen atoms in total. The van der Waals surface area contributed by atoms with E-state index in [1.807, 2.05) is 0 Å². The molecule has 3 rings (SSSR count). The van der Waals surface area contributed by atoms with Crippen LogP contribution in [0.1, 0.15) is 41.8 Å². The van der Waals surface area contributed by atoms with Crippen molar-refractivity contribution >= 4 is 34.8 Å². The van der Waals surface area contributed by atoms with E-state index in [9.17, 15) is 14.7 Å². The molecule has 108 valence electrons. The number of nitrogens with zero attached hydrogens (tertiary/aromatic N) is 1. The normalized spacial score (nSPS) is 29.2. The lowest BCUT2D eigenvalue weighted by Gasteiger charge is -2.32. The number of hydrogen-bond acceptors (Lipinski definition) is 3. The summed E-state index contributed by atoms with van der Waals surface area (Å²) in [6, 6.07) is 2.77. The summed E-state index contributed by atoms with van der Waals surface area (Å²) in [6.45, 7) is 0. The van der Waals surface area contributed by atoms with Gasteiger partial charge in [0.25, 0.3) is 5.91 Å². The summed E-state index contributed by atoms with van der Waals surface area (Å²) in [4.78, 5) is 26.3. The van der Waals surface area contributed by atoms with E-state index in [0.717, 1.165) is 25.7 Å². The Morgan fingerprint density at radius 3 is 2.70 bits per heavy atom. The number of likely N-dealkylation sites (tertiary alicyclic amines) is 1. The number of thiophene rings is 1. The van der Waals surface area contributed by atoms with E-state index in [1.165, 1.54) is 11.3 Å². The Labute approximate surface area is 126 Å². The molecule has 0 radical (unpaired) electrons. The number of carbonyl (C=O) groups is 2. The quantitative estimate of drug-likeness (QED) is 0.911. The smallest absolute Gasteiger partial charge is 0.326 e. The second-order valence-corrected chi connectivity index (χ2v) is 7.23. The number of halogens is 1. The van der Waals surface area contributed by atoms with E-state index >= 15 is 0 Å². The second kappa shape index (κ2) is 5.37. The first kappa shape index (κ1) is 13.9. The number of rotatable bonds is 2. The first-order chi connectivity index (χ1) is 9.58. The highest BCUT2D eigenvalue weighted by atomic mass is 35.5. The van der Waals surface area contributed by atoms with Crippen molar-refractivity contribution in [3.05, 3.63) is 21.3 Å². The van der Waals surface area contributed by atoms with Crippen LogP contribution in [0.15, 0.2) is 12.1 Å². The third-order valence-corrected chi connectivity index (χ3v) is 5.61. The third kappa shape index (κ3) is 2.33. The van der Waals surface area contributed by atoms with Gasteiger partial charge in [0.2, 0.25) is 0 Å². The van der Waals surface area contributed by atoms with Crippen molar-refractivity contribution in [1.29, 1.82) is 0 Å². The van der Waals surface area contributed by atoms with Gasteiger partial charge < -0.3 is 10.0 Å². The molecule has 1 aromatic rings. The fourth-order valence-corrected chi connectivity index (χ4v) is 4.52. The zero-order valence-electron chi connectivity index (χ0n) is 10.9. The van der Waals surface area contributed by atoms with Crippen LogP contribution in [0.3, 0.4) is 0 Å². The maximum Gasteiger partial charge on any atom is 0.326 e. The maximum atomic E-state index is 12.6. The van der Waals surface area contributed by atoms with Crippen LogP contribution < -0.4 is 0 Å². The Balaban J connectivity index is 1.90. The van der Waals surface area contributed by atoms with Gasteiger partial charge in [0.05, 0.1) is 9.21 Å². The molecule has 1 aliphatic heterocycles. The summed E-state index contributed by atoms with van der Waals surface area (Å²) in [7, 11) is 0. The van der Waals surface area contributed by atoms with Crippen molar-refractivity contribution in [3.63, 3.8) is 0 Å². The van der Waals surface area contributed by atoms with Gasteiger partial charge in [0.15, 0.2) is 0 Å². The number of amides is 1. The molecule has 1 saturated heterocycles. The number of carbonyl (C=O) groups excluding carboxylic acids is 1. The minimum absolute atomic E-state index is 0.0817. The maximum absolute atomic E-state index is 12.6. The largest absolute Gasteiger partial charge is 0.480 e. The van der Waals surface area contributed by atoms with Gasteiger partial charge in [-0.15, -0.1) is 11.3 Å². The first-order valence-corrected chi connectivity index (χ1v) is 8.08. The Hall–Kier alpha value is -1.07. The van der Waals surface area contributed by atoms with Crippen LogP contribution in [-0.4, -0.2) is 34.0 Å². The first-order valence-electron chi connectivity index (χ1n) is 6.88. The van der Waals surface area contributed by atoms with Gasteiger partial charge in [-0.05, 0) is 37.3 Å². The van der Waals surface area contributed by atoms with Crippen LogP contribution >= 0.6 is 22.9 Å². The summed E-state index contributed by atoms with van der Waals surface area (Å²) in [5.74, 6) is -0.733. The van der Waals surface area contributed by atoms with Gasteiger partial charge in [-0.1, -0.05) is 24.4 Å². The zero-order chi connectivity index (χ0) is 14.3. The molecule has 2 aliphatic rings. The Morgan fingerprint density at radius 1 is 1.30 bits per heavy atom. The monoisotopic (exact) mass is 313 g/mol. The van der Waals surface area contributed by atoms with Crippen LogP contribution in [0.25, 0.3) is 0 Å². The number of hydrogen-bond donors (Lipinski definition) is 1. The Kier molecular flexibility index (Phi) is 3.73. The highest BCUT2D eigenvalue weighted by Crippen LogP contribution is 2.41. The fraction of sp³-hybridized carbons (Fsp3) is 0.571. The standard InChI is InChI=1S/C14H16ClNO3S/c15-12-6-5-11(20-12)13(17)16-9-4-2-1-3-8(9)7-10(16)14(18)19/h5-6,8-10H,1-4,7H2,(H,18,19).